The molecule has 1 rings (SSSR count). The van der Waals surface area contributed by atoms with Crippen LogP contribution in [-0.2, 0) is 0 Å². The second-order valence-electron chi connectivity index (χ2n) is 4.71. The summed E-state index contributed by atoms with van der Waals surface area (Å²) in [5.74, 6) is -1.53. The first kappa shape index (κ1) is 15.4. The molecule has 0 aromatic heterocycles. The third-order valence-electron chi connectivity index (χ3n) is 3.66. The van der Waals surface area contributed by atoms with Crippen LogP contribution in [0.4, 0.5) is 4.39 Å². The Morgan fingerprint density at radius 3 is 2.47 bits per heavy atom. The van der Waals surface area contributed by atoms with E-state index in [1.165, 1.54) is 12.1 Å². The lowest BCUT2D eigenvalue weighted by molar-refractivity contribution is 0.0847. The van der Waals surface area contributed by atoms with Crippen molar-refractivity contribution in [3.63, 3.8) is 0 Å². The van der Waals surface area contributed by atoms with Crippen LogP contribution in [0, 0.1) is 11.2 Å². The molecule has 19 heavy (non-hydrogen) atoms. The van der Waals surface area contributed by atoms with Gasteiger partial charge in [-0.05, 0) is 25.0 Å². The molecule has 0 saturated heterocycles. The molecule has 1 amide bonds. The number of hydrogen-bond acceptors (Lipinski definition) is 3. The van der Waals surface area contributed by atoms with Gasteiger partial charge < -0.3 is 15.5 Å². The zero-order valence-corrected chi connectivity index (χ0v) is 11.2. The van der Waals surface area contributed by atoms with Gasteiger partial charge in [-0.25, -0.2) is 4.39 Å². The van der Waals surface area contributed by atoms with Crippen molar-refractivity contribution < 1.29 is 19.4 Å². The molecular formula is C14H20FNO3. The molecule has 0 atom stereocenters. The van der Waals surface area contributed by atoms with Gasteiger partial charge in [-0.2, -0.15) is 0 Å². The highest BCUT2D eigenvalue weighted by Gasteiger charge is 2.26. The predicted molar refractivity (Wildman–Crippen MR) is 70.5 cm³/mol. The van der Waals surface area contributed by atoms with E-state index in [0.717, 1.165) is 18.9 Å². The number of amides is 1. The van der Waals surface area contributed by atoms with Crippen molar-refractivity contribution in [2.75, 3.05) is 13.2 Å². The van der Waals surface area contributed by atoms with Crippen LogP contribution in [-0.4, -0.2) is 29.3 Å². The van der Waals surface area contributed by atoms with Crippen molar-refractivity contribution in [2.45, 2.75) is 26.7 Å². The number of phenols is 1. The Balaban J connectivity index is 2.75. The number of carbonyl (C=O) groups is 1. The van der Waals surface area contributed by atoms with Crippen LogP contribution in [0.3, 0.4) is 0 Å². The summed E-state index contributed by atoms with van der Waals surface area (Å²) in [6.07, 6.45) is 1.44. The summed E-state index contributed by atoms with van der Waals surface area (Å²) in [4.78, 5) is 11.9. The number of aliphatic hydroxyl groups excluding tert-OH is 1. The average molecular weight is 269 g/mol. The number of carbonyl (C=O) groups excluding carboxylic acids is 1. The second-order valence-corrected chi connectivity index (χ2v) is 4.71. The predicted octanol–water partition coefficient (Wildman–Crippen LogP) is 2.06. The van der Waals surface area contributed by atoms with E-state index in [4.69, 9.17) is 5.11 Å². The van der Waals surface area contributed by atoms with Gasteiger partial charge in [-0.3, -0.25) is 4.79 Å². The average Bonchev–Trinajstić information content (AvgIpc) is 2.40. The Kier molecular flexibility index (Phi) is 5.30. The molecule has 0 radical (unpaired) electrons. The molecular weight excluding hydrogens is 249 g/mol. The molecule has 0 heterocycles. The molecule has 5 heteroatoms. The minimum Gasteiger partial charge on any atom is -0.508 e. The highest BCUT2D eigenvalue weighted by Crippen LogP contribution is 2.24. The fraction of sp³-hybridized carbons (Fsp3) is 0.500. The fourth-order valence-electron chi connectivity index (χ4n) is 1.83. The summed E-state index contributed by atoms with van der Waals surface area (Å²) in [5.41, 5.74) is -0.486. The summed E-state index contributed by atoms with van der Waals surface area (Å²) in [6, 6.07) is 3.39. The van der Waals surface area contributed by atoms with Gasteiger partial charge in [0, 0.05) is 18.0 Å². The Bertz CT molecular complexity index is 436. The second kappa shape index (κ2) is 6.52. The van der Waals surface area contributed by atoms with Gasteiger partial charge >= 0.3 is 0 Å². The molecule has 0 bridgehead atoms. The maximum Gasteiger partial charge on any atom is 0.254 e. The van der Waals surface area contributed by atoms with E-state index in [2.05, 4.69) is 5.32 Å². The maximum atomic E-state index is 13.5. The van der Waals surface area contributed by atoms with E-state index in [0.29, 0.717) is 0 Å². The summed E-state index contributed by atoms with van der Waals surface area (Å²) >= 11 is 0. The monoisotopic (exact) mass is 269 g/mol. The molecule has 0 saturated carbocycles. The van der Waals surface area contributed by atoms with Crippen molar-refractivity contribution in [1.29, 1.82) is 0 Å². The number of benzene rings is 1. The zero-order valence-electron chi connectivity index (χ0n) is 11.2. The van der Waals surface area contributed by atoms with Crippen LogP contribution in [0.2, 0.25) is 0 Å². The first-order valence-electron chi connectivity index (χ1n) is 6.35. The van der Waals surface area contributed by atoms with Gasteiger partial charge in [-0.15, -0.1) is 0 Å². The molecule has 0 aliphatic rings. The Labute approximate surface area is 112 Å². The minimum absolute atomic E-state index is 0.0294. The molecule has 0 aliphatic heterocycles. The van der Waals surface area contributed by atoms with E-state index in [-0.39, 0.29) is 29.9 Å². The molecule has 0 fully saturated rings. The number of phenolic OH excluding ortho intramolecular Hbond substituents is 1. The molecule has 0 spiro atoms. The van der Waals surface area contributed by atoms with Crippen LogP contribution in [0.1, 0.15) is 37.0 Å². The maximum absolute atomic E-state index is 13.5. The Morgan fingerprint density at radius 2 is 2.00 bits per heavy atom. The fourth-order valence-corrected chi connectivity index (χ4v) is 1.83. The lowest BCUT2D eigenvalue weighted by atomic mass is 9.83. The van der Waals surface area contributed by atoms with Crippen LogP contribution >= 0.6 is 0 Å². The largest absolute Gasteiger partial charge is 0.508 e. The molecule has 1 aromatic rings. The lowest BCUT2D eigenvalue weighted by Gasteiger charge is -2.29. The SMILES string of the molecule is CCC(CC)(CO)CNC(=O)c1ccc(O)cc1F. The third kappa shape index (κ3) is 3.67. The number of aliphatic hydroxyl groups is 1. The summed E-state index contributed by atoms with van der Waals surface area (Å²) in [6.45, 7) is 4.13. The van der Waals surface area contributed by atoms with Crippen molar-refractivity contribution in [2.24, 2.45) is 5.41 Å². The van der Waals surface area contributed by atoms with Crippen LogP contribution in [0.25, 0.3) is 0 Å². The smallest absolute Gasteiger partial charge is 0.254 e. The van der Waals surface area contributed by atoms with E-state index < -0.39 is 11.7 Å². The number of aromatic hydroxyl groups is 1. The quantitative estimate of drug-likeness (QED) is 0.740. The first-order chi connectivity index (χ1) is 8.98. The summed E-state index contributed by atoms with van der Waals surface area (Å²) in [5, 5.41) is 21.1. The van der Waals surface area contributed by atoms with Gasteiger partial charge in [0.15, 0.2) is 0 Å². The minimum atomic E-state index is -0.764. The van der Waals surface area contributed by atoms with Crippen molar-refractivity contribution in [3.8, 4) is 5.75 Å². The van der Waals surface area contributed by atoms with Crippen LogP contribution < -0.4 is 5.32 Å². The van der Waals surface area contributed by atoms with Gasteiger partial charge in [0.25, 0.3) is 5.91 Å². The molecule has 1 aromatic carbocycles. The molecule has 106 valence electrons. The van der Waals surface area contributed by atoms with E-state index in [9.17, 15) is 14.3 Å². The first-order valence-corrected chi connectivity index (χ1v) is 6.35. The number of halogens is 1. The van der Waals surface area contributed by atoms with Crippen LogP contribution in [0.15, 0.2) is 18.2 Å². The normalized spacial score (nSPS) is 11.4. The number of hydrogen-bond donors (Lipinski definition) is 3. The van der Waals surface area contributed by atoms with Gasteiger partial charge in [-0.1, -0.05) is 13.8 Å². The van der Waals surface area contributed by atoms with Gasteiger partial charge in [0.05, 0.1) is 12.2 Å². The molecule has 0 unspecified atom stereocenters. The molecule has 4 nitrogen and oxygen atoms in total. The Hall–Kier alpha value is -1.62. The van der Waals surface area contributed by atoms with Crippen molar-refractivity contribution in [1.82, 2.24) is 5.32 Å². The van der Waals surface area contributed by atoms with E-state index in [1.807, 2.05) is 13.8 Å². The highest BCUT2D eigenvalue weighted by molar-refractivity contribution is 5.94. The van der Waals surface area contributed by atoms with Crippen LogP contribution in [0.5, 0.6) is 5.75 Å². The number of nitrogens with one attached hydrogen (secondary N) is 1. The lowest BCUT2D eigenvalue weighted by Crippen LogP contribution is -2.39. The third-order valence-corrected chi connectivity index (χ3v) is 3.66. The standard InChI is InChI=1S/C14H20FNO3/c1-3-14(4-2,9-17)8-16-13(19)11-6-5-10(18)7-12(11)15/h5-7,17-18H,3-4,8-9H2,1-2H3,(H,16,19). The van der Waals surface area contributed by atoms with E-state index in [1.54, 1.807) is 0 Å². The molecule has 0 aliphatic carbocycles. The van der Waals surface area contributed by atoms with E-state index >= 15 is 0 Å². The number of rotatable bonds is 6. The zero-order chi connectivity index (χ0) is 14.5. The van der Waals surface area contributed by atoms with Crippen molar-refractivity contribution >= 4 is 5.91 Å². The van der Waals surface area contributed by atoms with Gasteiger partial charge in [0.1, 0.15) is 11.6 Å². The van der Waals surface area contributed by atoms with Gasteiger partial charge in [0.2, 0.25) is 0 Å². The summed E-state index contributed by atoms with van der Waals surface area (Å²) < 4.78 is 13.5. The highest BCUT2D eigenvalue weighted by atomic mass is 19.1. The topological polar surface area (TPSA) is 69.6 Å². The van der Waals surface area contributed by atoms with Crippen molar-refractivity contribution in [3.05, 3.63) is 29.6 Å². The summed E-state index contributed by atoms with van der Waals surface area (Å²) in [7, 11) is 0. The molecule has 3 N–H and O–H groups in total. The Morgan fingerprint density at radius 1 is 1.37 bits per heavy atom.